The topological polar surface area (TPSA) is 137 Å². The van der Waals surface area contributed by atoms with Gasteiger partial charge in [0.05, 0.1) is 23.6 Å². The Kier molecular flexibility index (Phi) is 9.37. The Hall–Kier alpha value is -3.49. The molecule has 4 amide bonds. The number of hydrogen-bond donors (Lipinski definition) is 1. The predicted octanol–water partition coefficient (Wildman–Crippen LogP) is 2.99. The summed E-state index contributed by atoms with van der Waals surface area (Å²) >= 11 is 1.32. The van der Waals surface area contributed by atoms with E-state index in [1.54, 1.807) is 11.8 Å². The second kappa shape index (κ2) is 13.0. The molecule has 1 aromatic carbocycles. The lowest BCUT2D eigenvalue weighted by molar-refractivity contribution is -0.129. The lowest BCUT2D eigenvalue weighted by Gasteiger charge is -2.33. The highest BCUT2D eigenvalue weighted by Crippen LogP contribution is 2.38. The first-order chi connectivity index (χ1) is 20.6. The van der Waals surface area contributed by atoms with Crippen LogP contribution in [0.1, 0.15) is 64.3 Å². The second-order valence-corrected chi connectivity index (χ2v) is 13.9. The third kappa shape index (κ3) is 6.55. The summed E-state index contributed by atoms with van der Waals surface area (Å²) in [5.74, 6) is -0.598. The molecule has 1 N–H and O–H groups in total. The van der Waals surface area contributed by atoms with Crippen LogP contribution in [-0.4, -0.2) is 104 Å². The Morgan fingerprint density at radius 1 is 0.884 bits per heavy atom. The molecule has 14 heteroatoms. The molecule has 0 unspecified atom stereocenters. The van der Waals surface area contributed by atoms with E-state index in [4.69, 9.17) is 4.74 Å². The monoisotopic (exact) mass is 631 g/mol. The van der Waals surface area contributed by atoms with Gasteiger partial charge >= 0.3 is 6.09 Å². The lowest BCUT2D eigenvalue weighted by Crippen LogP contribution is -2.50. The number of hydrogen-bond acceptors (Lipinski definition) is 8. The average Bonchev–Trinajstić information content (AvgIpc) is 3.38. The number of ether oxygens (including phenoxy) is 1. The van der Waals surface area contributed by atoms with Crippen molar-refractivity contribution in [2.24, 2.45) is 0 Å². The number of thiophene rings is 1. The number of benzene rings is 1. The van der Waals surface area contributed by atoms with Crippen molar-refractivity contribution >= 4 is 50.2 Å². The SMILES string of the molecule is CCOC(=O)N1CCN(S(=O)(=O)c2ccc(C(=O)Nc3sc4c(c3C(=O)N3CCCCC3)CCN(C(C)=O)C4)cc2)CC1. The molecule has 4 heterocycles. The minimum Gasteiger partial charge on any atom is -0.450 e. The largest absolute Gasteiger partial charge is 0.450 e. The maximum Gasteiger partial charge on any atom is 0.409 e. The van der Waals surface area contributed by atoms with Crippen LogP contribution in [-0.2, 0) is 32.5 Å². The highest BCUT2D eigenvalue weighted by atomic mass is 32.2. The summed E-state index contributed by atoms with van der Waals surface area (Å²) in [6.07, 6.45) is 3.04. The smallest absolute Gasteiger partial charge is 0.409 e. The summed E-state index contributed by atoms with van der Waals surface area (Å²) in [4.78, 5) is 57.0. The zero-order valence-corrected chi connectivity index (χ0v) is 26.1. The van der Waals surface area contributed by atoms with E-state index in [1.807, 2.05) is 4.90 Å². The molecule has 2 fully saturated rings. The molecule has 2 saturated heterocycles. The van der Waals surface area contributed by atoms with E-state index in [2.05, 4.69) is 5.32 Å². The fourth-order valence-electron chi connectivity index (χ4n) is 5.67. The number of fused-ring (bicyclic) bond motifs is 1. The average molecular weight is 632 g/mol. The molecule has 1 aromatic heterocycles. The first kappa shape index (κ1) is 31.0. The maximum absolute atomic E-state index is 13.7. The summed E-state index contributed by atoms with van der Waals surface area (Å²) in [6, 6.07) is 5.69. The van der Waals surface area contributed by atoms with E-state index >= 15 is 0 Å². The maximum atomic E-state index is 13.7. The number of likely N-dealkylation sites (tertiary alicyclic amines) is 1. The molecule has 3 aliphatic rings. The molecule has 5 rings (SSSR count). The number of amides is 4. The Labute approximate surface area is 255 Å². The molecule has 0 saturated carbocycles. The van der Waals surface area contributed by atoms with Crippen LogP contribution in [0, 0.1) is 0 Å². The molecule has 43 heavy (non-hydrogen) atoms. The molecule has 2 aromatic rings. The molecule has 0 atom stereocenters. The van der Waals surface area contributed by atoms with Gasteiger partial charge < -0.3 is 24.8 Å². The molecular formula is C29H37N5O7S2. The Bertz CT molecular complexity index is 1490. The van der Waals surface area contributed by atoms with E-state index in [9.17, 15) is 27.6 Å². The number of carbonyl (C=O) groups is 4. The standard InChI is InChI=1S/C29H37N5O7S2/c1-3-41-29(38)32-15-17-34(18-16-32)43(39,40)22-9-7-21(8-10-22)26(36)30-27-25(28(37)31-12-5-4-6-13-31)23-11-14-33(20(2)35)19-24(23)42-27/h7-10H,3-6,11-19H2,1-2H3,(H,30,36). The molecule has 12 nitrogen and oxygen atoms in total. The third-order valence-corrected chi connectivity index (χ3v) is 11.2. The number of piperidine rings is 1. The summed E-state index contributed by atoms with van der Waals surface area (Å²) < 4.78 is 32.8. The first-order valence-corrected chi connectivity index (χ1v) is 16.9. The Balaban J connectivity index is 1.32. The van der Waals surface area contributed by atoms with Gasteiger partial charge in [0.25, 0.3) is 11.8 Å². The lowest BCUT2D eigenvalue weighted by atomic mass is 10.0. The van der Waals surface area contributed by atoms with Crippen molar-refractivity contribution in [3.8, 4) is 0 Å². The number of sulfonamides is 1. The number of carbonyl (C=O) groups excluding carboxylic acids is 4. The Morgan fingerprint density at radius 3 is 2.19 bits per heavy atom. The van der Waals surface area contributed by atoms with Gasteiger partial charge in [0.15, 0.2) is 0 Å². The summed E-state index contributed by atoms with van der Waals surface area (Å²) in [5, 5.41) is 3.37. The normalized spacial score (nSPS) is 17.8. The molecule has 232 valence electrons. The van der Waals surface area contributed by atoms with Crippen molar-refractivity contribution in [2.45, 2.75) is 51.0 Å². The number of rotatable bonds is 6. The minimum atomic E-state index is -3.83. The van der Waals surface area contributed by atoms with Crippen molar-refractivity contribution in [3.05, 3.63) is 45.8 Å². The summed E-state index contributed by atoms with van der Waals surface area (Å²) in [6.45, 7) is 6.48. The quantitative estimate of drug-likeness (QED) is 0.518. The van der Waals surface area contributed by atoms with Crippen LogP contribution in [0.5, 0.6) is 0 Å². The van der Waals surface area contributed by atoms with Gasteiger partial charge in [-0.15, -0.1) is 11.3 Å². The minimum absolute atomic E-state index is 0.0375. The van der Waals surface area contributed by atoms with Gasteiger partial charge in [-0.1, -0.05) is 0 Å². The number of nitrogens with zero attached hydrogens (tertiary/aromatic N) is 4. The van der Waals surface area contributed by atoms with Crippen LogP contribution in [0.3, 0.4) is 0 Å². The van der Waals surface area contributed by atoms with Crippen molar-refractivity contribution in [3.63, 3.8) is 0 Å². The highest BCUT2D eigenvalue weighted by Gasteiger charge is 2.33. The van der Waals surface area contributed by atoms with E-state index in [0.717, 1.165) is 29.7 Å². The van der Waals surface area contributed by atoms with Crippen LogP contribution in [0.25, 0.3) is 0 Å². The second-order valence-electron chi connectivity index (χ2n) is 10.8. The van der Waals surface area contributed by atoms with E-state index in [0.29, 0.717) is 43.2 Å². The molecule has 3 aliphatic heterocycles. The zero-order valence-electron chi connectivity index (χ0n) is 24.5. The van der Waals surface area contributed by atoms with Crippen molar-refractivity contribution in [1.82, 2.24) is 19.0 Å². The molecule has 0 radical (unpaired) electrons. The van der Waals surface area contributed by atoms with E-state index < -0.39 is 22.0 Å². The highest BCUT2D eigenvalue weighted by molar-refractivity contribution is 7.89. The van der Waals surface area contributed by atoms with Crippen molar-refractivity contribution < 1.29 is 32.3 Å². The van der Waals surface area contributed by atoms with Gasteiger partial charge in [0, 0.05) is 63.2 Å². The van der Waals surface area contributed by atoms with Gasteiger partial charge in [-0.05, 0) is 62.4 Å². The van der Waals surface area contributed by atoms with Crippen molar-refractivity contribution in [1.29, 1.82) is 0 Å². The fourth-order valence-corrected chi connectivity index (χ4v) is 8.34. The van der Waals surface area contributed by atoms with Gasteiger partial charge in [-0.3, -0.25) is 14.4 Å². The first-order valence-electron chi connectivity index (χ1n) is 14.6. The molecule has 0 aliphatic carbocycles. The summed E-state index contributed by atoms with van der Waals surface area (Å²) in [5.41, 5.74) is 1.64. The zero-order chi connectivity index (χ0) is 30.7. The number of piperazine rings is 1. The van der Waals surface area contributed by atoms with Gasteiger partial charge in [0.2, 0.25) is 15.9 Å². The number of anilines is 1. The van der Waals surface area contributed by atoms with Crippen LogP contribution >= 0.6 is 11.3 Å². The van der Waals surface area contributed by atoms with E-state index in [1.165, 1.54) is 51.7 Å². The van der Waals surface area contributed by atoms with Gasteiger partial charge in [-0.25, -0.2) is 13.2 Å². The van der Waals surface area contributed by atoms with Crippen LogP contribution in [0.2, 0.25) is 0 Å². The van der Waals surface area contributed by atoms with Crippen molar-refractivity contribution in [2.75, 3.05) is 57.7 Å². The molecule has 0 bridgehead atoms. The third-order valence-electron chi connectivity index (χ3n) is 8.11. The van der Waals surface area contributed by atoms with Gasteiger partial charge in [-0.2, -0.15) is 4.31 Å². The van der Waals surface area contributed by atoms with Crippen LogP contribution in [0.4, 0.5) is 9.80 Å². The predicted molar refractivity (Wildman–Crippen MR) is 161 cm³/mol. The number of nitrogens with one attached hydrogen (secondary N) is 1. The van der Waals surface area contributed by atoms with E-state index in [-0.39, 0.29) is 55.1 Å². The Morgan fingerprint density at radius 2 is 1.56 bits per heavy atom. The fraction of sp³-hybridized carbons (Fsp3) is 0.517. The summed E-state index contributed by atoms with van der Waals surface area (Å²) in [7, 11) is -3.83. The van der Waals surface area contributed by atoms with Gasteiger partial charge in [0.1, 0.15) is 5.00 Å². The van der Waals surface area contributed by atoms with Crippen LogP contribution in [0.15, 0.2) is 29.2 Å². The molecular weight excluding hydrogens is 594 g/mol. The van der Waals surface area contributed by atoms with Crippen LogP contribution < -0.4 is 5.32 Å². The molecule has 0 spiro atoms.